The van der Waals surface area contributed by atoms with Crippen LogP contribution in [0, 0.1) is 0 Å². The van der Waals surface area contributed by atoms with Crippen LogP contribution in [-0.2, 0) is 5.41 Å². The maximum atomic E-state index is 5.01. The molecule has 5 aromatic carbocycles. The topological polar surface area (TPSA) is 25.8 Å². The van der Waals surface area contributed by atoms with Crippen LogP contribution in [0.4, 0.5) is 0 Å². The lowest BCUT2D eigenvalue weighted by Gasteiger charge is -2.16. The van der Waals surface area contributed by atoms with Crippen molar-refractivity contribution in [2.24, 2.45) is 0 Å². The number of hydrogen-bond acceptors (Lipinski definition) is 2. The van der Waals surface area contributed by atoms with Gasteiger partial charge in [0.25, 0.3) is 0 Å². The molecule has 0 unspecified atom stereocenters. The van der Waals surface area contributed by atoms with Gasteiger partial charge in [-0.05, 0) is 51.1 Å². The average Bonchev–Trinajstić information content (AvgIpc) is 3.37. The second-order valence-electron chi connectivity index (χ2n) is 12.1. The van der Waals surface area contributed by atoms with Crippen LogP contribution in [0.5, 0.6) is 0 Å². The fourth-order valence-corrected chi connectivity index (χ4v) is 6.07. The van der Waals surface area contributed by atoms with Crippen molar-refractivity contribution in [3.63, 3.8) is 0 Å². The second-order valence-corrected chi connectivity index (χ2v) is 12.1. The lowest BCUT2D eigenvalue weighted by atomic mass is 9.87. The highest BCUT2D eigenvalue weighted by Gasteiger charge is 2.28. The zero-order chi connectivity index (χ0) is 30.8. The molecule has 0 fully saturated rings. The Morgan fingerprint density at radius 2 is 1.16 bits per heavy atom. The molecule has 0 saturated carbocycles. The van der Waals surface area contributed by atoms with E-state index in [2.05, 4.69) is 142 Å². The van der Waals surface area contributed by atoms with Gasteiger partial charge in [0.05, 0.1) is 11.4 Å². The van der Waals surface area contributed by atoms with Crippen LogP contribution >= 0.6 is 0 Å². The lowest BCUT2D eigenvalue weighted by Crippen LogP contribution is -2.10. The van der Waals surface area contributed by atoms with Gasteiger partial charge in [0.15, 0.2) is 5.82 Å². The van der Waals surface area contributed by atoms with Gasteiger partial charge < -0.3 is 0 Å². The summed E-state index contributed by atoms with van der Waals surface area (Å²) < 4.78 is 0. The summed E-state index contributed by atoms with van der Waals surface area (Å²) in [4.78, 5) is 10.0. The van der Waals surface area contributed by atoms with E-state index in [1.54, 1.807) is 0 Å². The summed E-state index contributed by atoms with van der Waals surface area (Å²) in [5.74, 6) is 0.707. The summed E-state index contributed by atoms with van der Waals surface area (Å²) in [6.45, 7) is 8.91. The fraction of sp³-hybridized carbons (Fsp3) is 0.0698. The minimum atomic E-state index is 0.0325. The zero-order valence-corrected chi connectivity index (χ0v) is 25.6. The summed E-state index contributed by atoms with van der Waals surface area (Å²) in [7, 11) is 0. The standard InChI is InChI=1S/C43H34N2/c1-30(21-22-37-29-43(2,3)39-20-11-10-19-38(37)39)31-23-25-32(26-24-31)35-17-12-18-36(27-35)42-44-40(33-13-6-4-7-14-33)28-41(45-42)34-15-8-5-9-16-34/h4-29H,1H2,2-3H3/b22-21-. The number of benzene rings is 5. The molecule has 1 heterocycles. The minimum Gasteiger partial charge on any atom is -0.228 e. The van der Waals surface area contributed by atoms with Crippen molar-refractivity contribution in [3.05, 3.63) is 181 Å². The molecule has 0 saturated heterocycles. The Bertz CT molecular complexity index is 2010. The Morgan fingerprint density at radius 3 is 1.82 bits per heavy atom. The monoisotopic (exact) mass is 578 g/mol. The molecule has 0 N–H and O–H groups in total. The number of rotatable bonds is 7. The molecule has 2 nitrogen and oxygen atoms in total. The molecule has 0 radical (unpaired) electrons. The average molecular weight is 579 g/mol. The molecule has 0 spiro atoms. The second kappa shape index (κ2) is 11.8. The van der Waals surface area contributed by atoms with E-state index >= 15 is 0 Å². The third kappa shape index (κ3) is 5.83. The van der Waals surface area contributed by atoms with Crippen molar-refractivity contribution >= 4 is 11.1 Å². The summed E-state index contributed by atoms with van der Waals surface area (Å²) in [5, 5.41) is 0. The van der Waals surface area contributed by atoms with E-state index in [1.165, 1.54) is 16.7 Å². The van der Waals surface area contributed by atoms with Crippen molar-refractivity contribution in [2.75, 3.05) is 0 Å². The van der Waals surface area contributed by atoms with E-state index in [9.17, 15) is 0 Å². The van der Waals surface area contributed by atoms with E-state index in [4.69, 9.17) is 9.97 Å². The van der Waals surface area contributed by atoms with E-state index in [1.807, 2.05) is 36.4 Å². The highest BCUT2D eigenvalue weighted by atomic mass is 14.9. The normalized spacial score (nSPS) is 13.4. The molecule has 6 aromatic rings. The van der Waals surface area contributed by atoms with Gasteiger partial charge in [-0.2, -0.15) is 0 Å². The maximum Gasteiger partial charge on any atom is 0.160 e. The highest BCUT2D eigenvalue weighted by Crippen LogP contribution is 2.41. The van der Waals surface area contributed by atoms with Gasteiger partial charge in [-0.15, -0.1) is 0 Å². The van der Waals surface area contributed by atoms with Gasteiger partial charge in [0.2, 0.25) is 0 Å². The van der Waals surface area contributed by atoms with Crippen LogP contribution in [0.3, 0.4) is 0 Å². The van der Waals surface area contributed by atoms with E-state index < -0.39 is 0 Å². The Morgan fingerprint density at radius 1 is 0.578 bits per heavy atom. The maximum absolute atomic E-state index is 5.01. The van der Waals surface area contributed by atoms with Crippen LogP contribution in [0.15, 0.2) is 164 Å². The number of aromatic nitrogens is 2. The molecular weight excluding hydrogens is 544 g/mol. The molecule has 0 bridgehead atoms. The summed E-state index contributed by atoms with van der Waals surface area (Å²) in [6, 6.07) is 48.4. The van der Waals surface area contributed by atoms with E-state index in [0.29, 0.717) is 5.82 Å². The van der Waals surface area contributed by atoms with Gasteiger partial charge in [0, 0.05) is 22.1 Å². The third-order valence-electron chi connectivity index (χ3n) is 8.49. The first-order valence-electron chi connectivity index (χ1n) is 15.4. The van der Waals surface area contributed by atoms with Gasteiger partial charge >= 0.3 is 0 Å². The van der Waals surface area contributed by atoms with Crippen molar-refractivity contribution < 1.29 is 0 Å². The molecule has 216 valence electrons. The Balaban J connectivity index is 1.16. The van der Waals surface area contributed by atoms with Gasteiger partial charge in [0.1, 0.15) is 0 Å². The molecule has 0 amide bonds. The first kappa shape index (κ1) is 28.2. The largest absolute Gasteiger partial charge is 0.228 e. The van der Waals surface area contributed by atoms with Gasteiger partial charge in [-0.3, -0.25) is 0 Å². The zero-order valence-electron chi connectivity index (χ0n) is 25.6. The molecule has 45 heavy (non-hydrogen) atoms. The molecule has 2 heteroatoms. The molecule has 1 aromatic heterocycles. The summed E-state index contributed by atoms with van der Waals surface area (Å²) >= 11 is 0. The van der Waals surface area contributed by atoms with Crippen LogP contribution in [0.2, 0.25) is 0 Å². The van der Waals surface area contributed by atoms with Crippen molar-refractivity contribution in [1.82, 2.24) is 9.97 Å². The first-order valence-corrected chi connectivity index (χ1v) is 15.4. The number of allylic oxidation sites excluding steroid dienone is 5. The van der Waals surface area contributed by atoms with Gasteiger partial charge in [-0.25, -0.2) is 9.97 Å². The summed E-state index contributed by atoms with van der Waals surface area (Å²) in [6.07, 6.45) is 6.67. The predicted molar refractivity (Wildman–Crippen MR) is 189 cm³/mol. The van der Waals surface area contributed by atoms with E-state index in [0.717, 1.165) is 50.3 Å². The van der Waals surface area contributed by atoms with Crippen LogP contribution < -0.4 is 0 Å². The SMILES string of the molecule is C=C(/C=C\C1=CC(C)(C)c2ccccc21)c1ccc(-c2cccc(-c3nc(-c4ccccc4)cc(-c4ccccc4)n3)c2)cc1. The fourth-order valence-electron chi connectivity index (χ4n) is 6.07. The van der Waals surface area contributed by atoms with Gasteiger partial charge in [-0.1, -0.05) is 166 Å². The smallest absolute Gasteiger partial charge is 0.160 e. The highest BCUT2D eigenvalue weighted by molar-refractivity contribution is 5.86. The number of nitrogens with zero attached hydrogens (tertiary/aromatic N) is 2. The Labute approximate surface area is 265 Å². The van der Waals surface area contributed by atoms with Crippen LogP contribution in [-0.4, -0.2) is 9.97 Å². The quantitative estimate of drug-likeness (QED) is 0.176. The lowest BCUT2D eigenvalue weighted by molar-refractivity contribution is 0.683. The summed E-state index contributed by atoms with van der Waals surface area (Å²) in [5.41, 5.74) is 13.2. The van der Waals surface area contributed by atoms with Crippen molar-refractivity contribution in [3.8, 4) is 45.0 Å². The molecule has 7 rings (SSSR count). The van der Waals surface area contributed by atoms with Crippen LogP contribution in [0.25, 0.3) is 56.2 Å². The number of hydrogen-bond donors (Lipinski definition) is 0. The molecule has 1 aliphatic carbocycles. The molecule has 1 aliphatic rings. The van der Waals surface area contributed by atoms with Crippen LogP contribution in [0.1, 0.15) is 30.5 Å². The third-order valence-corrected chi connectivity index (χ3v) is 8.49. The predicted octanol–water partition coefficient (Wildman–Crippen LogP) is 11.1. The molecule has 0 aliphatic heterocycles. The Kier molecular flexibility index (Phi) is 7.41. The number of fused-ring (bicyclic) bond motifs is 1. The van der Waals surface area contributed by atoms with E-state index in [-0.39, 0.29) is 5.41 Å². The van der Waals surface area contributed by atoms with Crippen molar-refractivity contribution in [2.45, 2.75) is 19.3 Å². The molecular formula is C43H34N2. The molecule has 0 atom stereocenters. The first-order chi connectivity index (χ1) is 21.9. The minimum absolute atomic E-state index is 0.0325. The Hall–Kier alpha value is -5.60. The van der Waals surface area contributed by atoms with Crippen molar-refractivity contribution in [1.29, 1.82) is 0 Å².